The zero-order chi connectivity index (χ0) is 21.6. The van der Waals surface area contributed by atoms with Crippen LogP contribution < -0.4 is 0 Å². The summed E-state index contributed by atoms with van der Waals surface area (Å²) in [6, 6.07) is 0. The summed E-state index contributed by atoms with van der Waals surface area (Å²) in [5.74, 6) is 2.64. The molecule has 5 nitrogen and oxygen atoms in total. The average molecular weight is 429 g/mol. The zero-order valence-corrected chi connectivity index (χ0v) is 19.4. The Morgan fingerprint density at radius 1 is 1.13 bits per heavy atom. The number of nitrogens with zero attached hydrogens (tertiary/aromatic N) is 1. The van der Waals surface area contributed by atoms with Crippen LogP contribution in [0.1, 0.15) is 89.3 Å². The third-order valence-corrected chi connectivity index (χ3v) is 10.2. The Morgan fingerprint density at radius 2 is 1.97 bits per heavy atom. The first-order valence-electron chi connectivity index (χ1n) is 12.8. The van der Waals surface area contributed by atoms with Crippen molar-refractivity contribution in [1.82, 2.24) is 10.2 Å². The molecule has 0 saturated heterocycles. The number of H-pyrrole nitrogens is 1. The normalized spacial score (nSPS) is 41.2. The molecule has 0 unspecified atom stereocenters. The van der Waals surface area contributed by atoms with Gasteiger partial charge in [-0.05, 0) is 104 Å². The number of carboxylic acid groups (broad SMARTS) is 1. The summed E-state index contributed by atoms with van der Waals surface area (Å²) in [6.07, 6.45) is 15.9. The summed E-state index contributed by atoms with van der Waals surface area (Å²) in [4.78, 5) is 10.7. The van der Waals surface area contributed by atoms with E-state index in [-0.39, 0.29) is 6.42 Å². The van der Waals surface area contributed by atoms with Crippen LogP contribution in [0.15, 0.2) is 6.20 Å². The molecule has 2 N–H and O–H groups in total. The maximum absolute atomic E-state index is 10.7. The highest BCUT2D eigenvalue weighted by atomic mass is 16.5. The van der Waals surface area contributed by atoms with E-state index in [4.69, 9.17) is 9.84 Å². The maximum Gasteiger partial charge on any atom is 0.303 e. The minimum absolute atomic E-state index is 0.284. The summed E-state index contributed by atoms with van der Waals surface area (Å²) in [7, 11) is 0. The molecule has 3 saturated carbocycles. The number of aliphatic carboxylic acids is 1. The lowest BCUT2D eigenvalue weighted by atomic mass is 9.45. The Balaban J connectivity index is 1.22. The molecule has 0 radical (unpaired) electrons. The molecule has 1 aromatic rings. The molecular formula is C26H40N2O3. The van der Waals surface area contributed by atoms with Crippen molar-refractivity contribution in [2.75, 3.05) is 6.61 Å². The van der Waals surface area contributed by atoms with Crippen LogP contribution in [0.3, 0.4) is 0 Å². The van der Waals surface area contributed by atoms with E-state index in [1.165, 1.54) is 62.6 Å². The molecule has 31 heavy (non-hydrogen) atoms. The number of carbonyl (C=O) groups is 1. The number of carboxylic acids is 1. The van der Waals surface area contributed by atoms with Crippen molar-refractivity contribution in [2.24, 2.45) is 34.5 Å². The number of ether oxygens (including phenoxy) is 1. The average Bonchev–Trinajstić information content (AvgIpc) is 3.31. The quantitative estimate of drug-likeness (QED) is 0.570. The van der Waals surface area contributed by atoms with Gasteiger partial charge in [-0.25, -0.2) is 0 Å². The minimum Gasteiger partial charge on any atom is -0.481 e. The van der Waals surface area contributed by atoms with Crippen molar-refractivity contribution in [3.05, 3.63) is 17.5 Å². The molecule has 4 aliphatic rings. The van der Waals surface area contributed by atoms with Crippen LogP contribution >= 0.6 is 0 Å². The number of hydrogen-bond acceptors (Lipinski definition) is 3. The Hall–Kier alpha value is -1.36. The molecule has 0 spiro atoms. The SMILES string of the molecule is C[C@]12Cc3cn[nH]c3C[C@@H]1CC[C@@H]1[C@@H]2CC[C@]2(C)[C@@H](OCCCCCC(=O)O)CC[C@@H]12. The largest absolute Gasteiger partial charge is 0.481 e. The highest BCUT2D eigenvalue weighted by molar-refractivity contribution is 5.66. The number of unbranched alkanes of at least 4 members (excludes halogenated alkanes) is 2. The number of hydrogen-bond donors (Lipinski definition) is 2. The molecule has 0 aromatic carbocycles. The lowest BCUT2D eigenvalue weighted by molar-refractivity contribution is -0.137. The fraction of sp³-hybridized carbons (Fsp3) is 0.846. The van der Waals surface area contributed by atoms with E-state index in [1.54, 1.807) is 0 Å². The minimum atomic E-state index is -0.686. The lowest BCUT2D eigenvalue weighted by Crippen LogP contribution is -2.54. The van der Waals surface area contributed by atoms with Crippen molar-refractivity contribution in [3.8, 4) is 0 Å². The molecule has 3 fully saturated rings. The summed E-state index contributed by atoms with van der Waals surface area (Å²) < 4.78 is 6.47. The molecule has 5 rings (SSSR count). The van der Waals surface area contributed by atoms with Crippen LogP contribution in [0.2, 0.25) is 0 Å². The van der Waals surface area contributed by atoms with Gasteiger partial charge in [-0.1, -0.05) is 20.3 Å². The first-order valence-corrected chi connectivity index (χ1v) is 12.8. The van der Waals surface area contributed by atoms with Crippen molar-refractivity contribution >= 4 is 5.97 Å². The first-order chi connectivity index (χ1) is 14.9. The number of rotatable bonds is 7. The molecule has 172 valence electrons. The molecule has 5 heteroatoms. The van der Waals surface area contributed by atoms with E-state index < -0.39 is 5.97 Å². The van der Waals surface area contributed by atoms with E-state index in [0.29, 0.717) is 16.9 Å². The van der Waals surface area contributed by atoms with Crippen molar-refractivity contribution in [1.29, 1.82) is 0 Å². The molecule has 7 atom stereocenters. The lowest BCUT2D eigenvalue weighted by Gasteiger charge is -2.60. The van der Waals surface area contributed by atoms with Crippen molar-refractivity contribution in [3.63, 3.8) is 0 Å². The van der Waals surface area contributed by atoms with E-state index in [9.17, 15) is 4.79 Å². The van der Waals surface area contributed by atoms with Gasteiger partial charge >= 0.3 is 5.97 Å². The predicted octanol–water partition coefficient (Wildman–Crippen LogP) is 5.40. The van der Waals surface area contributed by atoms with Crippen LogP contribution in [0, 0.1) is 34.5 Å². The highest BCUT2D eigenvalue weighted by Crippen LogP contribution is 2.65. The zero-order valence-electron chi connectivity index (χ0n) is 19.4. The second kappa shape index (κ2) is 8.20. The fourth-order valence-corrected chi connectivity index (χ4v) is 8.48. The van der Waals surface area contributed by atoms with E-state index in [2.05, 4.69) is 30.2 Å². The Labute approximate surface area is 186 Å². The monoisotopic (exact) mass is 428 g/mol. The van der Waals surface area contributed by atoms with Gasteiger partial charge in [-0.3, -0.25) is 9.89 Å². The van der Waals surface area contributed by atoms with Crippen molar-refractivity contribution < 1.29 is 14.6 Å². The first kappa shape index (κ1) is 21.5. The van der Waals surface area contributed by atoms with Gasteiger partial charge in [-0.15, -0.1) is 0 Å². The predicted molar refractivity (Wildman–Crippen MR) is 120 cm³/mol. The number of aromatic nitrogens is 2. The topological polar surface area (TPSA) is 75.2 Å². The van der Waals surface area contributed by atoms with Gasteiger partial charge in [0, 0.05) is 18.7 Å². The van der Waals surface area contributed by atoms with Crippen LogP contribution in [0.5, 0.6) is 0 Å². The van der Waals surface area contributed by atoms with Gasteiger partial charge in [0.05, 0.1) is 12.3 Å². The smallest absolute Gasteiger partial charge is 0.303 e. The summed E-state index contributed by atoms with van der Waals surface area (Å²) in [5, 5.41) is 16.4. The van der Waals surface area contributed by atoms with Gasteiger partial charge in [0.2, 0.25) is 0 Å². The summed E-state index contributed by atoms with van der Waals surface area (Å²) in [5.41, 5.74) is 3.65. The third-order valence-electron chi connectivity index (χ3n) is 10.2. The molecule has 1 heterocycles. The summed E-state index contributed by atoms with van der Waals surface area (Å²) >= 11 is 0. The van der Waals surface area contributed by atoms with Gasteiger partial charge < -0.3 is 9.84 Å². The number of nitrogens with one attached hydrogen (secondary N) is 1. The van der Waals surface area contributed by atoms with Crippen LogP contribution in [0.4, 0.5) is 0 Å². The Bertz CT molecular complexity index is 806. The number of aromatic amines is 1. The molecule has 0 aliphatic heterocycles. The molecular weight excluding hydrogens is 388 g/mol. The van der Waals surface area contributed by atoms with Gasteiger partial charge in [0.15, 0.2) is 0 Å². The second-order valence-corrected chi connectivity index (χ2v) is 11.6. The van der Waals surface area contributed by atoms with E-state index in [1.807, 2.05) is 0 Å². The number of fused-ring (bicyclic) bond motifs is 6. The Morgan fingerprint density at radius 3 is 2.81 bits per heavy atom. The van der Waals surface area contributed by atoms with Gasteiger partial charge in [0.25, 0.3) is 0 Å². The van der Waals surface area contributed by atoms with Gasteiger partial charge in [-0.2, -0.15) is 5.10 Å². The van der Waals surface area contributed by atoms with E-state index >= 15 is 0 Å². The highest BCUT2D eigenvalue weighted by Gasteiger charge is 2.60. The molecule has 4 aliphatic carbocycles. The fourth-order valence-electron chi connectivity index (χ4n) is 8.48. The van der Waals surface area contributed by atoms with Crippen molar-refractivity contribution in [2.45, 2.75) is 97.0 Å². The van der Waals surface area contributed by atoms with Crippen LogP contribution in [-0.2, 0) is 22.4 Å². The molecule has 0 amide bonds. The van der Waals surface area contributed by atoms with Crippen LogP contribution in [0.25, 0.3) is 0 Å². The third kappa shape index (κ3) is 3.65. The standard InChI is InChI=1S/C26H40N2O3/c1-25-12-11-21-19(8-7-18-14-22-17(16-27-28-22)15-26(18,21)2)20(25)9-10-23(25)31-13-5-3-4-6-24(29)30/h16,18-21,23H,3-15H2,1-2H3,(H,27,28)(H,29,30)/t18-,19-,20-,21-,23-,25-,26-/m0/s1. The van der Waals surface area contributed by atoms with Gasteiger partial charge in [0.1, 0.15) is 0 Å². The molecule has 0 bridgehead atoms. The second-order valence-electron chi connectivity index (χ2n) is 11.6. The summed E-state index contributed by atoms with van der Waals surface area (Å²) in [6.45, 7) is 5.93. The maximum atomic E-state index is 10.7. The van der Waals surface area contributed by atoms with E-state index in [0.717, 1.165) is 49.5 Å². The Kier molecular flexibility index (Phi) is 5.69. The molecule has 1 aromatic heterocycles. The van der Waals surface area contributed by atoms with Crippen LogP contribution in [-0.4, -0.2) is 34.0 Å².